The fourth-order valence-electron chi connectivity index (χ4n) is 2.34. The highest BCUT2D eigenvalue weighted by Gasteiger charge is 2.19. The molecular formula is C14H30N2O. The van der Waals surface area contributed by atoms with Crippen LogP contribution in [0.25, 0.3) is 0 Å². The molecule has 0 aromatic carbocycles. The normalized spacial score (nSPS) is 22.2. The van der Waals surface area contributed by atoms with E-state index < -0.39 is 0 Å². The van der Waals surface area contributed by atoms with Crippen LogP contribution in [0.5, 0.6) is 0 Å². The van der Waals surface area contributed by atoms with Crippen LogP contribution in [0.3, 0.4) is 0 Å². The highest BCUT2D eigenvalue weighted by Crippen LogP contribution is 2.09. The monoisotopic (exact) mass is 242 g/mol. The maximum Gasteiger partial charge on any atom is 0.0622 e. The predicted octanol–water partition coefficient (Wildman–Crippen LogP) is 2.27. The van der Waals surface area contributed by atoms with E-state index in [0.29, 0.717) is 12.1 Å². The zero-order chi connectivity index (χ0) is 12.5. The van der Waals surface area contributed by atoms with Crippen molar-refractivity contribution in [2.24, 2.45) is 0 Å². The molecule has 2 atom stereocenters. The molecule has 17 heavy (non-hydrogen) atoms. The van der Waals surface area contributed by atoms with Gasteiger partial charge in [0.15, 0.2) is 0 Å². The summed E-state index contributed by atoms with van der Waals surface area (Å²) in [5.41, 5.74) is 0. The fourth-order valence-corrected chi connectivity index (χ4v) is 2.34. The van der Waals surface area contributed by atoms with Crippen LogP contribution in [0.2, 0.25) is 0 Å². The summed E-state index contributed by atoms with van der Waals surface area (Å²) in [4.78, 5) is 2.43. The van der Waals surface area contributed by atoms with Crippen molar-refractivity contribution in [1.29, 1.82) is 0 Å². The molecule has 0 aromatic heterocycles. The van der Waals surface area contributed by atoms with Crippen molar-refractivity contribution in [2.45, 2.75) is 58.0 Å². The first-order valence-corrected chi connectivity index (χ1v) is 7.25. The van der Waals surface area contributed by atoms with Crippen molar-refractivity contribution >= 4 is 0 Å². The molecule has 1 fully saturated rings. The van der Waals surface area contributed by atoms with E-state index in [1.165, 1.54) is 32.1 Å². The number of nitrogens with one attached hydrogen (secondary N) is 1. The summed E-state index contributed by atoms with van der Waals surface area (Å²) < 4.78 is 5.41. The first-order valence-electron chi connectivity index (χ1n) is 7.25. The van der Waals surface area contributed by atoms with Gasteiger partial charge in [0.05, 0.1) is 6.61 Å². The van der Waals surface area contributed by atoms with Crippen molar-refractivity contribution in [3.63, 3.8) is 0 Å². The van der Waals surface area contributed by atoms with E-state index in [0.717, 1.165) is 26.3 Å². The van der Waals surface area contributed by atoms with Gasteiger partial charge in [-0.05, 0) is 26.8 Å². The number of hydrogen-bond donors (Lipinski definition) is 1. The Labute approximate surface area is 107 Å². The van der Waals surface area contributed by atoms with Crippen LogP contribution in [-0.4, -0.2) is 50.3 Å². The van der Waals surface area contributed by atoms with Crippen LogP contribution < -0.4 is 5.32 Å². The second-order valence-electron chi connectivity index (χ2n) is 5.35. The summed E-state index contributed by atoms with van der Waals surface area (Å²) in [5, 5.41) is 3.61. The fraction of sp³-hybridized carbons (Fsp3) is 1.00. The molecule has 0 radical (unpaired) electrons. The van der Waals surface area contributed by atoms with E-state index in [-0.39, 0.29) is 0 Å². The Morgan fingerprint density at radius 1 is 1.41 bits per heavy atom. The van der Waals surface area contributed by atoms with E-state index in [9.17, 15) is 0 Å². The van der Waals surface area contributed by atoms with Gasteiger partial charge < -0.3 is 10.1 Å². The van der Waals surface area contributed by atoms with Gasteiger partial charge in [0, 0.05) is 31.8 Å². The average molecular weight is 242 g/mol. The smallest absolute Gasteiger partial charge is 0.0622 e. The highest BCUT2D eigenvalue weighted by molar-refractivity contribution is 4.73. The lowest BCUT2D eigenvalue weighted by atomic mass is 10.1. The molecule has 1 rings (SSSR count). The summed E-state index contributed by atoms with van der Waals surface area (Å²) in [6.45, 7) is 8.65. The maximum absolute atomic E-state index is 5.41. The van der Waals surface area contributed by atoms with E-state index >= 15 is 0 Å². The summed E-state index contributed by atoms with van der Waals surface area (Å²) in [7, 11) is 2.21. The second-order valence-corrected chi connectivity index (χ2v) is 5.35. The molecule has 2 unspecified atom stereocenters. The summed E-state index contributed by atoms with van der Waals surface area (Å²) in [5.74, 6) is 0. The van der Waals surface area contributed by atoms with Crippen LogP contribution in [0.1, 0.15) is 46.0 Å². The maximum atomic E-state index is 5.41. The molecule has 0 spiro atoms. The molecule has 0 bridgehead atoms. The highest BCUT2D eigenvalue weighted by atomic mass is 16.5. The van der Waals surface area contributed by atoms with Gasteiger partial charge in [0.1, 0.15) is 0 Å². The Bertz CT molecular complexity index is 181. The Kier molecular flexibility index (Phi) is 7.82. The van der Waals surface area contributed by atoms with E-state index in [1.54, 1.807) is 0 Å². The molecule has 1 saturated heterocycles. The van der Waals surface area contributed by atoms with Crippen LogP contribution in [0.15, 0.2) is 0 Å². The minimum absolute atomic E-state index is 0.646. The Morgan fingerprint density at radius 3 is 2.88 bits per heavy atom. The third-order valence-electron chi connectivity index (χ3n) is 3.73. The lowest BCUT2D eigenvalue weighted by molar-refractivity contribution is 0.159. The molecule has 0 aliphatic carbocycles. The largest absolute Gasteiger partial charge is 0.380 e. The summed E-state index contributed by atoms with van der Waals surface area (Å²) in [6.07, 6.45) is 6.55. The van der Waals surface area contributed by atoms with E-state index in [4.69, 9.17) is 4.74 Å². The molecule has 0 saturated carbocycles. The van der Waals surface area contributed by atoms with Crippen LogP contribution in [-0.2, 0) is 4.74 Å². The predicted molar refractivity (Wildman–Crippen MR) is 73.5 cm³/mol. The number of rotatable bonds is 9. The minimum Gasteiger partial charge on any atom is -0.380 e. The molecule has 1 heterocycles. The number of unbranched alkanes of at least 4 members (excludes halogenated alkanes) is 2. The third kappa shape index (κ3) is 6.39. The van der Waals surface area contributed by atoms with Crippen LogP contribution in [0.4, 0.5) is 0 Å². The molecule has 0 amide bonds. The summed E-state index contributed by atoms with van der Waals surface area (Å²) >= 11 is 0. The van der Waals surface area contributed by atoms with E-state index in [2.05, 4.69) is 31.1 Å². The van der Waals surface area contributed by atoms with Crippen molar-refractivity contribution in [1.82, 2.24) is 10.2 Å². The SMILES string of the molecule is CCCCCC(C)NCCN(C)C1CCOC1. The number of nitrogens with zero attached hydrogens (tertiary/aromatic N) is 1. The van der Waals surface area contributed by atoms with Gasteiger partial charge in [-0.1, -0.05) is 26.2 Å². The van der Waals surface area contributed by atoms with E-state index in [1.807, 2.05) is 0 Å². The van der Waals surface area contributed by atoms with Gasteiger partial charge in [-0.2, -0.15) is 0 Å². The standard InChI is InChI=1S/C14H30N2O/c1-4-5-6-7-13(2)15-9-10-16(3)14-8-11-17-12-14/h13-15H,4-12H2,1-3H3. The molecule has 102 valence electrons. The molecule has 3 heteroatoms. The van der Waals surface area contributed by atoms with Crippen molar-refractivity contribution < 1.29 is 4.74 Å². The van der Waals surface area contributed by atoms with Gasteiger partial charge in [0.2, 0.25) is 0 Å². The molecule has 1 N–H and O–H groups in total. The Balaban J connectivity index is 1.98. The number of ether oxygens (including phenoxy) is 1. The lowest BCUT2D eigenvalue weighted by Gasteiger charge is -2.24. The number of hydrogen-bond acceptors (Lipinski definition) is 3. The second kappa shape index (κ2) is 8.90. The molecular weight excluding hydrogens is 212 g/mol. The third-order valence-corrected chi connectivity index (χ3v) is 3.73. The lowest BCUT2D eigenvalue weighted by Crippen LogP contribution is -2.39. The van der Waals surface area contributed by atoms with Gasteiger partial charge in [0.25, 0.3) is 0 Å². The van der Waals surface area contributed by atoms with Gasteiger partial charge in [-0.3, -0.25) is 4.90 Å². The molecule has 3 nitrogen and oxygen atoms in total. The van der Waals surface area contributed by atoms with Gasteiger partial charge >= 0.3 is 0 Å². The first kappa shape index (κ1) is 14.9. The van der Waals surface area contributed by atoms with Crippen LogP contribution >= 0.6 is 0 Å². The first-order chi connectivity index (χ1) is 8.24. The zero-order valence-electron chi connectivity index (χ0n) is 11.9. The van der Waals surface area contributed by atoms with Crippen molar-refractivity contribution in [3.05, 3.63) is 0 Å². The average Bonchev–Trinajstić information content (AvgIpc) is 2.82. The number of likely N-dealkylation sites (N-methyl/N-ethyl adjacent to an activating group) is 1. The minimum atomic E-state index is 0.646. The topological polar surface area (TPSA) is 24.5 Å². The van der Waals surface area contributed by atoms with Crippen LogP contribution in [0, 0.1) is 0 Å². The van der Waals surface area contributed by atoms with Crippen molar-refractivity contribution in [3.8, 4) is 0 Å². The molecule has 1 aliphatic heterocycles. The molecule has 0 aromatic rings. The Morgan fingerprint density at radius 2 is 2.24 bits per heavy atom. The van der Waals surface area contributed by atoms with Gasteiger partial charge in [-0.15, -0.1) is 0 Å². The summed E-state index contributed by atoms with van der Waals surface area (Å²) in [6, 6.07) is 1.31. The van der Waals surface area contributed by atoms with Crippen molar-refractivity contribution in [2.75, 3.05) is 33.4 Å². The van der Waals surface area contributed by atoms with Gasteiger partial charge in [-0.25, -0.2) is 0 Å². The zero-order valence-corrected chi connectivity index (χ0v) is 11.9. The Hall–Kier alpha value is -0.120. The molecule has 1 aliphatic rings. The quantitative estimate of drug-likeness (QED) is 0.628.